The summed E-state index contributed by atoms with van der Waals surface area (Å²) in [4.78, 5) is 21.5. The van der Waals surface area contributed by atoms with Gasteiger partial charge >= 0.3 is 0 Å². The number of hydrogen-bond acceptors (Lipinski definition) is 7. The van der Waals surface area contributed by atoms with Gasteiger partial charge in [0, 0.05) is 13.1 Å². The number of H-pyrrole nitrogens is 1. The van der Waals surface area contributed by atoms with Gasteiger partial charge in [-0.1, -0.05) is 0 Å². The molecule has 2 aromatic heterocycles. The van der Waals surface area contributed by atoms with E-state index in [0.717, 1.165) is 49.2 Å². The van der Waals surface area contributed by atoms with Crippen molar-refractivity contribution in [3.63, 3.8) is 0 Å². The number of rotatable bonds is 2. The largest absolute Gasteiger partial charge is 0.377 e. The Kier molecular flexibility index (Phi) is 3.78. The van der Waals surface area contributed by atoms with Gasteiger partial charge in [-0.25, -0.2) is 15.0 Å². The van der Waals surface area contributed by atoms with Crippen LogP contribution in [0.15, 0.2) is 6.33 Å². The van der Waals surface area contributed by atoms with Gasteiger partial charge in [-0.15, -0.1) is 0 Å². The lowest BCUT2D eigenvalue weighted by Crippen LogP contribution is -2.44. The molecule has 0 aliphatic carbocycles. The van der Waals surface area contributed by atoms with E-state index in [1.54, 1.807) is 6.33 Å². The van der Waals surface area contributed by atoms with Crippen LogP contribution < -0.4 is 9.80 Å². The number of ether oxygens (including phenoxy) is 2. The molecule has 0 saturated carbocycles. The van der Waals surface area contributed by atoms with Crippen LogP contribution in [0.5, 0.6) is 0 Å². The molecule has 0 bridgehead atoms. The summed E-state index contributed by atoms with van der Waals surface area (Å²) in [5, 5.41) is 0. The van der Waals surface area contributed by atoms with E-state index >= 15 is 0 Å². The van der Waals surface area contributed by atoms with Crippen LogP contribution in [-0.4, -0.2) is 71.5 Å². The molecule has 0 radical (unpaired) electrons. The fraction of sp³-hybridized carbons (Fsp3) is 0.667. The third kappa shape index (κ3) is 2.61. The second kappa shape index (κ2) is 5.93. The van der Waals surface area contributed by atoms with E-state index in [-0.39, 0.29) is 6.04 Å². The van der Waals surface area contributed by atoms with Crippen molar-refractivity contribution in [2.75, 3.05) is 49.3 Å². The summed E-state index contributed by atoms with van der Waals surface area (Å²) in [5.41, 5.74) is 1.61. The summed E-state index contributed by atoms with van der Waals surface area (Å²) in [6, 6.07) is 0.576. The van der Waals surface area contributed by atoms with Crippen LogP contribution in [0.25, 0.3) is 11.2 Å². The van der Waals surface area contributed by atoms with Gasteiger partial charge in [0.15, 0.2) is 17.0 Å². The van der Waals surface area contributed by atoms with E-state index < -0.39 is 0 Å². The number of imidazole rings is 1. The summed E-state index contributed by atoms with van der Waals surface area (Å²) < 4.78 is 11.0. The summed E-state index contributed by atoms with van der Waals surface area (Å²) in [5.74, 6) is 1.73. The summed E-state index contributed by atoms with van der Waals surface area (Å²) in [6.45, 7) is 8.81. The molecule has 8 heteroatoms. The number of nitrogens with one attached hydrogen (secondary N) is 1. The maximum absolute atomic E-state index is 5.52. The number of aromatic amines is 1. The third-order valence-corrected chi connectivity index (χ3v) is 4.53. The lowest BCUT2D eigenvalue weighted by Gasteiger charge is -2.34. The Morgan fingerprint density at radius 2 is 1.74 bits per heavy atom. The molecule has 2 aliphatic rings. The van der Waals surface area contributed by atoms with Gasteiger partial charge in [-0.3, -0.25) is 0 Å². The molecule has 0 aromatic carbocycles. The Bertz CT molecular complexity index is 690. The van der Waals surface area contributed by atoms with Crippen molar-refractivity contribution in [2.24, 2.45) is 0 Å². The second-order valence-electron chi connectivity index (χ2n) is 6.19. The van der Waals surface area contributed by atoms with E-state index in [4.69, 9.17) is 14.5 Å². The molecule has 0 amide bonds. The van der Waals surface area contributed by atoms with Crippen LogP contribution in [-0.2, 0) is 9.47 Å². The lowest BCUT2D eigenvalue weighted by molar-refractivity contribution is 0.0981. The minimum absolute atomic E-state index is 0.282. The molecule has 1 N–H and O–H groups in total. The molecule has 4 heterocycles. The second-order valence-corrected chi connectivity index (χ2v) is 6.19. The summed E-state index contributed by atoms with van der Waals surface area (Å²) >= 11 is 0. The minimum Gasteiger partial charge on any atom is -0.377 e. The summed E-state index contributed by atoms with van der Waals surface area (Å²) in [6.07, 6.45) is 1.60. The molecular formula is C15H22N6O2. The van der Waals surface area contributed by atoms with Gasteiger partial charge in [0.25, 0.3) is 0 Å². The summed E-state index contributed by atoms with van der Waals surface area (Å²) in [7, 11) is 0. The van der Waals surface area contributed by atoms with E-state index in [0.29, 0.717) is 19.3 Å². The Labute approximate surface area is 134 Å². The van der Waals surface area contributed by atoms with Crippen molar-refractivity contribution in [3.05, 3.63) is 6.33 Å². The van der Waals surface area contributed by atoms with Crippen LogP contribution >= 0.6 is 0 Å². The first-order valence-electron chi connectivity index (χ1n) is 8.13. The topological polar surface area (TPSA) is 79.4 Å². The average Bonchev–Trinajstić information content (AvgIpc) is 3.00. The predicted octanol–water partition coefficient (Wildman–Crippen LogP) is 0.803. The molecule has 2 fully saturated rings. The van der Waals surface area contributed by atoms with Crippen LogP contribution in [0.2, 0.25) is 0 Å². The predicted molar refractivity (Wildman–Crippen MR) is 86.9 cm³/mol. The van der Waals surface area contributed by atoms with Crippen molar-refractivity contribution in [3.8, 4) is 0 Å². The molecule has 124 valence electrons. The number of nitrogens with zero attached hydrogens (tertiary/aromatic N) is 5. The normalized spacial score (nSPS) is 26.0. The minimum atomic E-state index is 0.282. The molecule has 2 unspecified atom stereocenters. The highest BCUT2D eigenvalue weighted by atomic mass is 16.5. The molecule has 8 nitrogen and oxygen atoms in total. The Hall–Kier alpha value is -1.93. The van der Waals surface area contributed by atoms with E-state index in [9.17, 15) is 0 Å². The van der Waals surface area contributed by atoms with Gasteiger partial charge in [0.1, 0.15) is 6.33 Å². The van der Waals surface area contributed by atoms with Crippen LogP contribution in [0.3, 0.4) is 0 Å². The Balaban J connectivity index is 1.72. The van der Waals surface area contributed by atoms with E-state index in [1.807, 2.05) is 0 Å². The zero-order valence-electron chi connectivity index (χ0n) is 13.5. The van der Waals surface area contributed by atoms with E-state index in [2.05, 4.69) is 38.6 Å². The zero-order valence-corrected chi connectivity index (χ0v) is 13.5. The molecular weight excluding hydrogens is 296 g/mol. The smallest absolute Gasteiger partial charge is 0.205 e. The fourth-order valence-corrected chi connectivity index (χ4v) is 3.23. The highest BCUT2D eigenvalue weighted by Gasteiger charge is 2.26. The zero-order chi connectivity index (χ0) is 15.8. The SMILES string of the molecule is CC1COCCN1c1nc2c(N3CCOCC3C)ncnc2[nH]1. The maximum Gasteiger partial charge on any atom is 0.205 e. The third-order valence-electron chi connectivity index (χ3n) is 4.53. The highest BCUT2D eigenvalue weighted by Crippen LogP contribution is 2.27. The number of morpholine rings is 2. The van der Waals surface area contributed by atoms with Gasteiger partial charge in [0.05, 0.1) is 38.5 Å². The molecule has 2 atom stereocenters. The number of fused-ring (bicyclic) bond motifs is 1. The molecule has 4 rings (SSSR count). The van der Waals surface area contributed by atoms with Crippen molar-refractivity contribution in [1.29, 1.82) is 0 Å². The average molecular weight is 318 g/mol. The first kappa shape index (κ1) is 14.6. The van der Waals surface area contributed by atoms with Crippen molar-refractivity contribution in [2.45, 2.75) is 25.9 Å². The van der Waals surface area contributed by atoms with Crippen LogP contribution in [0, 0.1) is 0 Å². The van der Waals surface area contributed by atoms with Gasteiger partial charge < -0.3 is 24.3 Å². The molecule has 2 aliphatic heterocycles. The fourth-order valence-electron chi connectivity index (χ4n) is 3.23. The first-order chi connectivity index (χ1) is 11.2. The first-order valence-corrected chi connectivity index (χ1v) is 8.13. The molecule has 2 aromatic rings. The van der Waals surface area contributed by atoms with Crippen molar-refractivity contribution in [1.82, 2.24) is 19.9 Å². The van der Waals surface area contributed by atoms with Crippen LogP contribution in [0.4, 0.5) is 11.8 Å². The van der Waals surface area contributed by atoms with Crippen molar-refractivity contribution < 1.29 is 9.47 Å². The molecule has 0 spiro atoms. The highest BCUT2D eigenvalue weighted by molar-refractivity contribution is 5.85. The number of hydrogen-bond donors (Lipinski definition) is 1. The van der Waals surface area contributed by atoms with Crippen LogP contribution in [0.1, 0.15) is 13.8 Å². The van der Waals surface area contributed by atoms with Gasteiger partial charge in [-0.05, 0) is 13.8 Å². The Morgan fingerprint density at radius 1 is 1.04 bits per heavy atom. The van der Waals surface area contributed by atoms with Gasteiger partial charge in [0.2, 0.25) is 5.95 Å². The monoisotopic (exact) mass is 318 g/mol. The number of aromatic nitrogens is 4. The Morgan fingerprint density at radius 3 is 2.43 bits per heavy atom. The van der Waals surface area contributed by atoms with E-state index in [1.165, 1.54) is 0 Å². The van der Waals surface area contributed by atoms with Crippen molar-refractivity contribution >= 4 is 22.9 Å². The lowest BCUT2D eigenvalue weighted by atomic mass is 10.2. The standard InChI is InChI=1S/C15H22N6O2/c1-10-7-22-5-3-20(10)14-12-13(16-9-17-14)19-15(18-12)21-4-6-23-8-11(21)2/h9-11H,3-8H2,1-2H3,(H,16,17,18,19). The van der Waals surface area contributed by atoms with Gasteiger partial charge in [-0.2, -0.15) is 0 Å². The quantitative estimate of drug-likeness (QED) is 0.877. The molecule has 23 heavy (non-hydrogen) atoms. The number of anilines is 2. The maximum atomic E-state index is 5.52. The molecule has 2 saturated heterocycles.